The number of benzene rings is 2. The molecule has 32 heavy (non-hydrogen) atoms. The van der Waals surface area contributed by atoms with Crippen molar-refractivity contribution >= 4 is 48.4 Å². The third kappa shape index (κ3) is 5.49. The molecule has 2 aliphatic rings. The Labute approximate surface area is 190 Å². The van der Waals surface area contributed by atoms with Gasteiger partial charge in [0.15, 0.2) is 15.0 Å². The number of aliphatic imine (C=N–C) groups is 1. The summed E-state index contributed by atoms with van der Waals surface area (Å²) in [4.78, 5) is 16.9. The van der Waals surface area contributed by atoms with Crippen LogP contribution in [0.2, 0.25) is 0 Å². The van der Waals surface area contributed by atoms with Gasteiger partial charge in [-0.2, -0.15) is 0 Å². The summed E-state index contributed by atoms with van der Waals surface area (Å²) < 4.78 is 45.9. The number of amidine groups is 1. The summed E-state index contributed by atoms with van der Waals surface area (Å²) in [6.45, 7) is 0.396. The second kappa shape index (κ2) is 8.85. The molecule has 0 radical (unpaired) electrons. The Hall–Kier alpha value is -2.41. The minimum absolute atomic E-state index is 0.0246. The summed E-state index contributed by atoms with van der Waals surface area (Å²) >= 11 is 1.44. The second-order valence-corrected chi connectivity index (χ2v) is 12.6. The fraction of sp³-hybridized carbons (Fsp3) is 0.300. The first-order valence-corrected chi connectivity index (χ1v) is 14.1. The number of fused-ring (bicyclic) bond motifs is 1. The van der Waals surface area contributed by atoms with E-state index in [2.05, 4.69) is 15.6 Å². The number of nitrogens with zero attached hydrogens (tertiary/aromatic N) is 1. The number of carbonyl (C=O) groups excluding carboxylic acids is 1. The van der Waals surface area contributed by atoms with Crippen LogP contribution in [0.25, 0.3) is 0 Å². The molecular formula is C20H22N4O5S3. The third-order valence-corrected chi connectivity index (χ3v) is 9.24. The Morgan fingerprint density at radius 1 is 1.09 bits per heavy atom. The number of nitrogens with two attached hydrogens (primary N) is 1. The van der Waals surface area contributed by atoms with Gasteiger partial charge in [0.05, 0.1) is 22.4 Å². The summed E-state index contributed by atoms with van der Waals surface area (Å²) in [6.07, 6.45) is 0.547. The lowest BCUT2D eigenvalue weighted by atomic mass is 10.1. The molecule has 2 heterocycles. The highest BCUT2D eigenvalue weighted by Gasteiger charge is 2.42. The van der Waals surface area contributed by atoms with E-state index >= 15 is 0 Å². The molecule has 1 fully saturated rings. The van der Waals surface area contributed by atoms with Crippen LogP contribution in [0.5, 0.6) is 0 Å². The van der Waals surface area contributed by atoms with Crippen molar-refractivity contribution in [2.75, 3.05) is 23.4 Å². The Kier molecular flexibility index (Phi) is 6.30. The summed E-state index contributed by atoms with van der Waals surface area (Å²) in [5, 5.41) is 11.8. The van der Waals surface area contributed by atoms with Crippen LogP contribution in [-0.4, -0.2) is 57.3 Å². The van der Waals surface area contributed by atoms with Crippen LogP contribution >= 0.6 is 11.8 Å². The van der Waals surface area contributed by atoms with Crippen LogP contribution in [0, 0.1) is 0 Å². The molecule has 2 aromatic rings. The highest BCUT2D eigenvalue weighted by Crippen LogP contribution is 2.34. The van der Waals surface area contributed by atoms with E-state index in [-0.39, 0.29) is 33.6 Å². The van der Waals surface area contributed by atoms with Crippen LogP contribution < -0.4 is 15.8 Å². The second-order valence-electron chi connectivity index (χ2n) is 7.63. The van der Waals surface area contributed by atoms with Crippen molar-refractivity contribution < 1.29 is 21.6 Å². The van der Waals surface area contributed by atoms with Gasteiger partial charge in [0.25, 0.3) is 5.91 Å². The van der Waals surface area contributed by atoms with Crippen LogP contribution in [0.1, 0.15) is 15.9 Å². The molecule has 2 aliphatic heterocycles. The van der Waals surface area contributed by atoms with Crippen molar-refractivity contribution in [3.63, 3.8) is 0 Å². The Morgan fingerprint density at radius 2 is 1.78 bits per heavy atom. The number of rotatable bonds is 6. The smallest absolute Gasteiger partial charge is 0.251 e. The predicted octanol–water partition coefficient (Wildman–Crippen LogP) is 0.987. The van der Waals surface area contributed by atoms with E-state index in [1.807, 2.05) is 0 Å². The SMILES string of the molecule is NS(=O)(=O)c1ccc(CCNC(=O)c2ccc(NC3=N[C@H]4CS(=O)(=O)C[C@H]4S3)cc2)cc1. The first-order valence-electron chi connectivity index (χ1n) is 9.81. The number of sulfonamides is 1. The maximum atomic E-state index is 12.4. The Bertz CT molecular complexity index is 1260. The van der Waals surface area contributed by atoms with Gasteiger partial charge in [-0.15, -0.1) is 0 Å². The number of amides is 1. The number of hydrogen-bond acceptors (Lipinski definition) is 8. The monoisotopic (exact) mass is 494 g/mol. The number of carbonyl (C=O) groups is 1. The van der Waals surface area contributed by atoms with E-state index in [9.17, 15) is 21.6 Å². The zero-order chi connectivity index (χ0) is 22.9. The van der Waals surface area contributed by atoms with E-state index < -0.39 is 19.9 Å². The Morgan fingerprint density at radius 3 is 2.41 bits per heavy atom. The summed E-state index contributed by atoms with van der Waals surface area (Å²) in [6, 6.07) is 13.0. The zero-order valence-electron chi connectivity index (χ0n) is 16.9. The van der Waals surface area contributed by atoms with Gasteiger partial charge in [0, 0.05) is 23.0 Å². The van der Waals surface area contributed by atoms with Crippen molar-refractivity contribution in [1.82, 2.24) is 5.32 Å². The van der Waals surface area contributed by atoms with Crippen molar-refractivity contribution in [1.29, 1.82) is 0 Å². The van der Waals surface area contributed by atoms with E-state index in [0.29, 0.717) is 23.7 Å². The molecule has 4 rings (SSSR count). The molecule has 1 amide bonds. The quantitative estimate of drug-likeness (QED) is 0.542. The maximum absolute atomic E-state index is 12.4. The van der Waals surface area contributed by atoms with Crippen molar-refractivity contribution in [3.05, 3.63) is 59.7 Å². The first-order chi connectivity index (χ1) is 15.1. The number of primary sulfonamides is 1. The molecule has 1 saturated heterocycles. The van der Waals surface area contributed by atoms with Crippen LogP contribution in [0.3, 0.4) is 0 Å². The van der Waals surface area contributed by atoms with Crippen LogP contribution in [0.4, 0.5) is 5.69 Å². The first kappa shape index (κ1) is 22.8. The Balaban J connectivity index is 1.26. The van der Waals surface area contributed by atoms with Gasteiger partial charge in [0.2, 0.25) is 10.0 Å². The van der Waals surface area contributed by atoms with Gasteiger partial charge in [-0.3, -0.25) is 9.79 Å². The van der Waals surface area contributed by atoms with Crippen molar-refractivity contribution in [3.8, 4) is 0 Å². The topological polar surface area (TPSA) is 148 Å². The van der Waals surface area contributed by atoms with Crippen molar-refractivity contribution in [2.45, 2.75) is 22.6 Å². The van der Waals surface area contributed by atoms with Crippen LogP contribution in [-0.2, 0) is 26.3 Å². The number of hydrogen-bond donors (Lipinski definition) is 3. The minimum atomic E-state index is -3.72. The molecule has 0 bridgehead atoms. The summed E-state index contributed by atoms with van der Waals surface area (Å²) in [5.41, 5.74) is 2.15. The summed E-state index contributed by atoms with van der Waals surface area (Å²) in [5.74, 6) is 0.0439. The maximum Gasteiger partial charge on any atom is 0.251 e. The lowest BCUT2D eigenvalue weighted by molar-refractivity contribution is 0.0954. The van der Waals surface area contributed by atoms with Gasteiger partial charge in [-0.25, -0.2) is 22.0 Å². The van der Waals surface area contributed by atoms with Gasteiger partial charge >= 0.3 is 0 Å². The highest BCUT2D eigenvalue weighted by molar-refractivity contribution is 8.15. The average molecular weight is 495 g/mol. The molecule has 12 heteroatoms. The molecule has 2 atom stereocenters. The number of thioether (sulfide) groups is 1. The molecule has 2 aromatic carbocycles. The molecule has 0 saturated carbocycles. The molecule has 0 aromatic heterocycles. The third-order valence-electron chi connectivity index (χ3n) is 5.17. The van der Waals surface area contributed by atoms with E-state index in [0.717, 1.165) is 11.3 Å². The van der Waals surface area contributed by atoms with Gasteiger partial charge in [-0.1, -0.05) is 23.9 Å². The summed E-state index contributed by atoms with van der Waals surface area (Å²) in [7, 11) is -6.70. The van der Waals surface area contributed by atoms with Gasteiger partial charge < -0.3 is 10.6 Å². The van der Waals surface area contributed by atoms with E-state index in [1.54, 1.807) is 36.4 Å². The molecule has 0 unspecified atom stereocenters. The largest absolute Gasteiger partial charge is 0.352 e. The molecule has 4 N–H and O–H groups in total. The van der Waals surface area contributed by atoms with E-state index in [1.165, 1.54) is 23.9 Å². The number of sulfone groups is 1. The molecule has 0 aliphatic carbocycles. The molecule has 170 valence electrons. The fourth-order valence-electron chi connectivity index (χ4n) is 3.51. The lowest BCUT2D eigenvalue weighted by Gasteiger charge is -2.09. The normalized spacial score (nSPS) is 21.6. The minimum Gasteiger partial charge on any atom is -0.352 e. The number of nitrogens with one attached hydrogen (secondary N) is 2. The van der Waals surface area contributed by atoms with E-state index in [4.69, 9.17) is 5.14 Å². The average Bonchev–Trinajstić information content (AvgIpc) is 3.20. The van der Waals surface area contributed by atoms with Crippen LogP contribution in [0.15, 0.2) is 58.4 Å². The highest BCUT2D eigenvalue weighted by atomic mass is 32.2. The zero-order valence-corrected chi connectivity index (χ0v) is 19.3. The lowest BCUT2D eigenvalue weighted by Crippen LogP contribution is -2.25. The van der Waals surface area contributed by atoms with Crippen molar-refractivity contribution in [2.24, 2.45) is 10.1 Å². The standard InChI is InChI=1S/C20H22N4O5S3/c21-32(28,29)16-7-1-13(2-8-16)9-10-22-19(25)14-3-5-15(6-4-14)23-20-24-17-11-31(26,27)12-18(17)30-20/h1-8,17-18H,9-12H2,(H,22,25)(H,23,24)(H2,21,28,29)/t17-,18+/m0/s1. The molecule has 9 nitrogen and oxygen atoms in total. The van der Waals surface area contributed by atoms with Gasteiger partial charge in [-0.05, 0) is 48.4 Å². The fourth-order valence-corrected chi connectivity index (χ4v) is 7.70. The van der Waals surface area contributed by atoms with Gasteiger partial charge in [0.1, 0.15) is 0 Å². The molecule has 0 spiro atoms. The predicted molar refractivity (Wildman–Crippen MR) is 125 cm³/mol. The molecular weight excluding hydrogens is 472 g/mol. The number of anilines is 1.